The van der Waals surface area contributed by atoms with Crippen LogP contribution in [0.2, 0.25) is 0 Å². The van der Waals surface area contributed by atoms with E-state index in [2.05, 4.69) is 27.2 Å². The highest BCUT2D eigenvalue weighted by Crippen LogP contribution is 2.24. The summed E-state index contributed by atoms with van der Waals surface area (Å²) >= 11 is 0. The molecule has 0 aliphatic rings. The third kappa shape index (κ3) is 4.76. The average Bonchev–Trinajstić information content (AvgIpc) is 2.02. The lowest BCUT2D eigenvalue weighted by molar-refractivity contribution is 0.0506. The molecule has 0 atom stereocenters. The summed E-state index contributed by atoms with van der Waals surface area (Å²) < 4.78 is 0. The highest BCUT2D eigenvalue weighted by Gasteiger charge is 2.23. The van der Waals surface area contributed by atoms with Crippen LogP contribution < -0.4 is 0 Å². The van der Waals surface area contributed by atoms with Gasteiger partial charge in [0.15, 0.2) is 0 Å². The Labute approximate surface area is 77.2 Å². The fourth-order valence-corrected chi connectivity index (χ4v) is 1.61. The summed E-state index contributed by atoms with van der Waals surface area (Å²) in [6.07, 6.45) is 8.24. The molecule has 73 valence electrons. The molecule has 0 bridgehead atoms. The maximum atomic E-state index is 10.1. The molecule has 0 amide bonds. The van der Waals surface area contributed by atoms with Gasteiger partial charge in [-0.15, -0.1) is 0 Å². The molecule has 0 spiro atoms. The van der Waals surface area contributed by atoms with Crippen molar-refractivity contribution < 1.29 is 5.11 Å². The first-order valence-electron chi connectivity index (χ1n) is 5.25. The van der Waals surface area contributed by atoms with Gasteiger partial charge in [0.05, 0.1) is 5.60 Å². The molecule has 0 fully saturated rings. The normalized spacial score (nSPS) is 12.0. The fourth-order valence-electron chi connectivity index (χ4n) is 1.61. The molecule has 0 aromatic heterocycles. The Morgan fingerprint density at radius 1 is 1.00 bits per heavy atom. The van der Waals surface area contributed by atoms with Gasteiger partial charge in [-0.3, -0.25) is 0 Å². The number of unbranched alkanes of at least 4 members (excludes halogenated alkanes) is 1. The van der Waals surface area contributed by atoms with E-state index in [-0.39, 0.29) is 0 Å². The van der Waals surface area contributed by atoms with E-state index in [1.165, 1.54) is 0 Å². The largest absolute Gasteiger partial charge is 0.390 e. The van der Waals surface area contributed by atoms with Crippen LogP contribution in [0.3, 0.4) is 0 Å². The van der Waals surface area contributed by atoms with Crippen LogP contribution in [0.4, 0.5) is 0 Å². The molecule has 0 saturated carbocycles. The van der Waals surface area contributed by atoms with Gasteiger partial charge in [-0.05, 0) is 25.7 Å². The minimum atomic E-state index is -0.473. The third-order valence-corrected chi connectivity index (χ3v) is 2.18. The fraction of sp³-hybridized carbons (Fsp3) is 0.909. The van der Waals surface area contributed by atoms with Gasteiger partial charge in [0.1, 0.15) is 0 Å². The minimum Gasteiger partial charge on any atom is -0.390 e. The Balaban J connectivity index is 3.80. The van der Waals surface area contributed by atoms with Crippen LogP contribution in [-0.2, 0) is 0 Å². The maximum absolute atomic E-state index is 10.1. The van der Waals surface area contributed by atoms with Crippen molar-refractivity contribution in [3.63, 3.8) is 0 Å². The van der Waals surface area contributed by atoms with Gasteiger partial charge in [0.25, 0.3) is 0 Å². The molecule has 1 N–H and O–H groups in total. The number of aliphatic hydroxyl groups is 1. The van der Waals surface area contributed by atoms with Crippen LogP contribution in [0.5, 0.6) is 0 Å². The number of rotatable bonds is 7. The predicted octanol–water partition coefficient (Wildman–Crippen LogP) is 3.32. The lowest BCUT2D eigenvalue weighted by Gasteiger charge is -2.26. The van der Waals surface area contributed by atoms with Crippen molar-refractivity contribution in [1.29, 1.82) is 0 Å². The molecule has 0 heterocycles. The SMILES string of the molecule is CCC[CH]C(O)(CCC)CCC. The molecule has 0 rings (SSSR count). The van der Waals surface area contributed by atoms with Crippen molar-refractivity contribution in [2.45, 2.75) is 64.9 Å². The second-order valence-electron chi connectivity index (χ2n) is 3.60. The Morgan fingerprint density at radius 3 is 1.83 bits per heavy atom. The van der Waals surface area contributed by atoms with Gasteiger partial charge in [0, 0.05) is 0 Å². The summed E-state index contributed by atoms with van der Waals surface area (Å²) in [6, 6.07) is 0. The van der Waals surface area contributed by atoms with E-state index in [1.807, 2.05) is 0 Å². The maximum Gasteiger partial charge on any atom is 0.0679 e. The van der Waals surface area contributed by atoms with Crippen molar-refractivity contribution in [2.75, 3.05) is 0 Å². The van der Waals surface area contributed by atoms with Crippen molar-refractivity contribution in [2.24, 2.45) is 0 Å². The second-order valence-corrected chi connectivity index (χ2v) is 3.60. The van der Waals surface area contributed by atoms with E-state index >= 15 is 0 Å². The van der Waals surface area contributed by atoms with Gasteiger partial charge in [-0.2, -0.15) is 0 Å². The van der Waals surface area contributed by atoms with E-state index in [4.69, 9.17) is 0 Å². The van der Waals surface area contributed by atoms with Crippen LogP contribution in [0, 0.1) is 6.42 Å². The summed E-state index contributed by atoms with van der Waals surface area (Å²) in [4.78, 5) is 0. The lowest BCUT2D eigenvalue weighted by atomic mass is 9.88. The van der Waals surface area contributed by atoms with Gasteiger partial charge < -0.3 is 5.11 Å². The molecule has 0 aromatic rings. The van der Waals surface area contributed by atoms with Crippen molar-refractivity contribution in [3.8, 4) is 0 Å². The van der Waals surface area contributed by atoms with Crippen molar-refractivity contribution in [1.82, 2.24) is 0 Å². The first-order chi connectivity index (χ1) is 5.68. The topological polar surface area (TPSA) is 20.2 Å². The average molecular weight is 171 g/mol. The highest BCUT2D eigenvalue weighted by molar-refractivity contribution is 4.91. The van der Waals surface area contributed by atoms with E-state index in [1.54, 1.807) is 0 Å². The highest BCUT2D eigenvalue weighted by atomic mass is 16.3. The molecular weight excluding hydrogens is 148 g/mol. The Bertz CT molecular complexity index is 93.2. The molecule has 1 radical (unpaired) electrons. The van der Waals surface area contributed by atoms with Crippen LogP contribution >= 0.6 is 0 Å². The number of hydrogen-bond acceptors (Lipinski definition) is 1. The van der Waals surface area contributed by atoms with Crippen LogP contribution in [0.25, 0.3) is 0 Å². The third-order valence-electron chi connectivity index (χ3n) is 2.18. The Kier molecular flexibility index (Phi) is 6.45. The zero-order chi connectivity index (χ0) is 9.45. The first kappa shape index (κ1) is 12.0. The van der Waals surface area contributed by atoms with Crippen LogP contribution in [0.15, 0.2) is 0 Å². The molecule has 0 unspecified atom stereocenters. The zero-order valence-corrected chi connectivity index (χ0v) is 8.77. The Hall–Kier alpha value is -0.0400. The first-order valence-corrected chi connectivity index (χ1v) is 5.25. The summed E-state index contributed by atoms with van der Waals surface area (Å²) in [7, 11) is 0. The summed E-state index contributed by atoms with van der Waals surface area (Å²) in [6.45, 7) is 6.40. The number of hydrogen-bond donors (Lipinski definition) is 1. The second kappa shape index (κ2) is 6.47. The van der Waals surface area contributed by atoms with Crippen LogP contribution in [0.1, 0.15) is 59.3 Å². The van der Waals surface area contributed by atoms with Gasteiger partial charge in [-0.1, -0.05) is 40.0 Å². The van der Waals surface area contributed by atoms with Gasteiger partial charge in [0.2, 0.25) is 0 Å². The van der Waals surface area contributed by atoms with E-state index < -0.39 is 5.60 Å². The molecule has 12 heavy (non-hydrogen) atoms. The van der Waals surface area contributed by atoms with Gasteiger partial charge in [-0.25, -0.2) is 0 Å². The molecule has 0 aromatic carbocycles. The quantitative estimate of drug-likeness (QED) is 0.623. The van der Waals surface area contributed by atoms with Crippen molar-refractivity contribution >= 4 is 0 Å². The molecule has 0 saturated heterocycles. The monoisotopic (exact) mass is 171 g/mol. The molecular formula is C11H23O. The predicted molar refractivity (Wildman–Crippen MR) is 54.0 cm³/mol. The molecule has 1 nitrogen and oxygen atoms in total. The summed E-state index contributed by atoms with van der Waals surface area (Å²) in [5, 5.41) is 10.1. The minimum absolute atomic E-state index is 0.473. The van der Waals surface area contributed by atoms with Gasteiger partial charge >= 0.3 is 0 Å². The van der Waals surface area contributed by atoms with Crippen molar-refractivity contribution in [3.05, 3.63) is 6.42 Å². The molecule has 1 heteroatoms. The lowest BCUT2D eigenvalue weighted by Crippen LogP contribution is -2.28. The van der Waals surface area contributed by atoms with E-state index in [0.717, 1.165) is 38.5 Å². The molecule has 0 aliphatic heterocycles. The smallest absolute Gasteiger partial charge is 0.0679 e. The summed E-state index contributed by atoms with van der Waals surface area (Å²) in [5.41, 5.74) is -0.473. The van der Waals surface area contributed by atoms with E-state index in [0.29, 0.717) is 0 Å². The standard InChI is InChI=1S/C11H23O/c1-4-7-10-11(12,8-5-2)9-6-3/h10,12H,4-9H2,1-3H3. The van der Waals surface area contributed by atoms with E-state index in [9.17, 15) is 5.11 Å². The zero-order valence-electron chi connectivity index (χ0n) is 8.77. The molecule has 0 aliphatic carbocycles. The van der Waals surface area contributed by atoms with Crippen LogP contribution in [-0.4, -0.2) is 10.7 Å². The Morgan fingerprint density at radius 2 is 1.50 bits per heavy atom. The summed E-state index contributed by atoms with van der Waals surface area (Å²) in [5.74, 6) is 0.